The molecule has 3 N–H and O–H groups in total. The maximum Gasteiger partial charge on any atom is 0.237 e. The van der Waals surface area contributed by atoms with Crippen LogP contribution >= 0.6 is 24.8 Å². The summed E-state index contributed by atoms with van der Waals surface area (Å²) in [5.41, 5.74) is 6.70. The number of hydrogen-bond acceptors (Lipinski definition) is 3. The van der Waals surface area contributed by atoms with Crippen molar-refractivity contribution < 1.29 is 4.79 Å². The second-order valence-corrected chi connectivity index (χ2v) is 5.05. The van der Waals surface area contributed by atoms with Crippen LogP contribution in [0.4, 0.5) is 0 Å². The summed E-state index contributed by atoms with van der Waals surface area (Å²) in [7, 11) is 0. The quantitative estimate of drug-likeness (QED) is 0.865. The Hall–Kier alpha value is -0.810. The van der Waals surface area contributed by atoms with Gasteiger partial charge in [0.2, 0.25) is 5.91 Å². The zero-order valence-electron chi connectivity index (χ0n) is 12.2. The van der Waals surface area contributed by atoms with Crippen LogP contribution in [0.25, 0.3) is 0 Å². The number of nitrogens with zero attached hydrogens (tertiary/aromatic N) is 1. The maximum absolute atomic E-state index is 12.1. The number of carbonyl (C=O) groups excluding carboxylic acids is 1. The van der Waals surface area contributed by atoms with Crippen LogP contribution in [-0.2, 0) is 11.3 Å². The second kappa shape index (κ2) is 10.9. The van der Waals surface area contributed by atoms with Gasteiger partial charge in [0.15, 0.2) is 0 Å². The molecule has 0 aliphatic carbocycles. The number of benzene rings is 1. The fourth-order valence-corrected chi connectivity index (χ4v) is 2.61. The van der Waals surface area contributed by atoms with E-state index in [1.165, 1.54) is 12.0 Å². The van der Waals surface area contributed by atoms with Gasteiger partial charge < -0.3 is 11.1 Å². The summed E-state index contributed by atoms with van der Waals surface area (Å²) in [4.78, 5) is 14.4. The van der Waals surface area contributed by atoms with Crippen LogP contribution in [0.5, 0.6) is 0 Å². The predicted octanol–water partition coefficient (Wildman–Crippen LogP) is 1.96. The number of halogens is 2. The lowest BCUT2D eigenvalue weighted by atomic mass is 10.0. The van der Waals surface area contributed by atoms with E-state index in [0.29, 0.717) is 13.1 Å². The first-order valence-electron chi connectivity index (χ1n) is 7.07. The van der Waals surface area contributed by atoms with E-state index < -0.39 is 0 Å². The molecule has 1 aliphatic rings. The van der Waals surface area contributed by atoms with E-state index in [2.05, 4.69) is 22.3 Å². The summed E-state index contributed by atoms with van der Waals surface area (Å²) in [6.45, 7) is 2.91. The average Bonchev–Trinajstić information content (AvgIpc) is 2.46. The molecule has 1 fully saturated rings. The number of nitrogens with one attached hydrogen (secondary N) is 1. The normalized spacial score (nSPS) is 18.2. The largest absolute Gasteiger partial charge is 0.353 e. The lowest BCUT2D eigenvalue weighted by molar-refractivity contribution is -0.127. The van der Waals surface area contributed by atoms with E-state index in [4.69, 9.17) is 5.73 Å². The Morgan fingerprint density at radius 2 is 1.95 bits per heavy atom. The number of nitrogens with two attached hydrogens (primary N) is 1. The minimum Gasteiger partial charge on any atom is -0.353 e. The number of carbonyl (C=O) groups is 1. The van der Waals surface area contributed by atoms with Gasteiger partial charge in [0, 0.05) is 19.6 Å². The van der Waals surface area contributed by atoms with Crippen LogP contribution in [0.15, 0.2) is 30.3 Å². The fraction of sp³-hybridized carbons (Fsp3) is 0.533. The smallest absolute Gasteiger partial charge is 0.237 e. The van der Waals surface area contributed by atoms with Gasteiger partial charge in [-0.05, 0) is 24.9 Å². The van der Waals surface area contributed by atoms with Crippen LogP contribution < -0.4 is 11.1 Å². The molecule has 1 heterocycles. The van der Waals surface area contributed by atoms with Gasteiger partial charge >= 0.3 is 0 Å². The highest BCUT2D eigenvalue weighted by atomic mass is 35.5. The summed E-state index contributed by atoms with van der Waals surface area (Å²) in [5.74, 6) is 0.126. The Labute approximate surface area is 139 Å². The van der Waals surface area contributed by atoms with Crippen molar-refractivity contribution in [2.45, 2.75) is 31.8 Å². The molecule has 1 aliphatic heterocycles. The SMILES string of the molecule is Cl.Cl.NCCNC(=O)C1CCCCN1Cc1ccccc1. The minimum absolute atomic E-state index is 0. The molecule has 0 spiro atoms. The van der Waals surface area contributed by atoms with Gasteiger partial charge in [-0.1, -0.05) is 36.8 Å². The number of amides is 1. The zero-order valence-corrected chi connectivity index (χ0v) is 13.8. The van der Waals surface area contributed by atoms with Gasteiger partial charge in [-0.3, -0.25) is 9.69 Å². The van der Waals surface area contributed by atoms with Gasteiger partial charge in [-0.25, -0.2) is 0 Å². The van der Waals surface area contributed by atoms with Crippen molar-refractivity contribution in [3.63, 3.8) is 0 Å². The predicted molar refractivity (Wildman–Crippen MR) is 91.1 cm³/mol. The molecule has 21 heavy (non-hydrogen) atoms. The zero-order chi connectivity index (χ0) is 13.5. The van der Waals surface area contributed by atoms with Crippen LogP contribution in [0.3, 0.4) is 0 Å². The van der Waals surface area contributed by atoms with Crippen molar-refractivity contribution in [2.75, 3.05) is 19.6 Å². The molecule has 4 nitrogen and oxygen atoms in total. The van der Waals surface area contributed by atoms with Gasteiger partial charge in [-0.15, -0.1) is 24.8 Å². The molecular formula is C15H25Cl2N3O. The molecule has 0 aromatic heterocycles. The Bertz CT molecular complexity index is 403. The van der Waals surface area contributed by atoms with E-state index in [0.717, 1.165) is 25.9 Å². The first kappa shape index (κ1) is 20.2. The molecule has 2 rings (SSSR count). The first-order chi connectivity index (χ1) is 9.31. The Morgan fingerprint density at radius 1 is 1.24 bits per heavy atom. The van der Waals surface area contributed by atoms with Crippen LogP contribution in [0.1, 0.15) is 24.8 Å². The summed E-state index contributed by atoms with van der Waals surface area (Å²) < 4.78 is 0. The van der Waals surface area contributed by atoms with Gasteiger partial charge in [0.25, 0.3) is 0 Å². The summed E-state index contributed by atoms with van der Waals surface area (Å²) in [6, 6.07) is 10.3. The highest BCUT2D eigenvalue weighted by Gasteiger charge is 2.28. The average molecular weight is 334 g/mol. The summed E-state index contributed by atoms with van der Waals surface area (Å²) >= 11 is 0. The molecule has 0 radical (unpaired) electrons. The van der Waals surface area contributed by atoms with Crippen molar-refractivity contribution in [2.24, 2.45) is 5.73 Å². The van der Waals surface area contributed by atoms with E-state index in [-0.39, 0.29) is 36.8 Å². The van der Waals surface area contributed by atoms with Crippen molar-refractivity contribution in [1.82, 2.24) is 10.2 Å². The molecule has 1 atom stereocenters. The maximum atomic E-state index is 12.1. The fourth-order valence-electron chi connectivity index (χ4n) is 2.61. The van der Waals surface area contributed by atoms with Gasteiger partial charge in [0.05, 0.1) is 6.04 Å². The minimum atomic E-state index is 0. The van der Waals surface area contributed by atoms with Gasteiger partial charge in [0.1, 0.15) is 0 Å². The first-order valence-corrected chi connectivity index (χ1v) is 7.07. The van der Waals surface area contributed by atoms with E-state index in [1.807, 2.05) is 18.2 Å². The monoisotopic (exact) mass is 333 g/mol. The van der Waals surface area contributed by atoms with E-state index in [9.17, 15) is 4.79 Å². The Kier molecular flexibility index (Phi) is 10.4. The van der Waals surface area contributed by atoms with Crippen molar-refractivity contribution in [3.05, 3.63) is 35.9 Å². The molecule has 1 unspecified atom stereocenters. The lowest BCUT2D eigenvalue weighted by Gasteiger charge is -2.34. The van der Waals surface area contributed by atoms with Gasteiger partial charge in [-0.2, -0.15) is 0 Å². The molecule has 120 valence electrons. The Morgan fingerprint density at radius 3 is 2.62 bits per heavy atom. The molecular weight excluding hydrogens is 309 g/mol. The third-order valence-electron chi connectivity index (χ3n) is 3.59. The van der Waals surface area contributed by atoms with Crippen LogP contribution in [-0.4, -0.2) is 36.5 Å². The highest BCUT2D eigenvalue weighted by molar-refractivity contribution is 5.85. The van der Waals surface area contributed by atoms with Crippen LogP contribution in [0, 0.1) is 0 Å². The molecule has 0 saturated carbocycles. The molecule has 1 aromatic rings. The number of piperidine rings is 1. The number of likely N-dealkylation sites (tertiary alicyclic amines) is 1. The van der Waals surface area contributed by atoms with Crippen LogP contribution in [0.2, 0.25) is 0 Å². The standard InChI is InChI=1S/C15H23N3O.2ClH/c16-9-10-17-15(19)14-8-4-5-11-18(14)12-13-6-2-1-3-7-13;;/h1-3,6-7,14H,4-5,8-12,16H2,(H,17,19);2*1H. The third kappa shape index (κ3) is 6.22. The van der Waals surface area contributed by atoms with Crippen molar-refractivity contribution >= 4 is 30.7 Å². The Balaban J connectivity index is 0.00000200. The van der Waals surface area contributed by atoms with E-state index >= 15 is 0 Å². The highest BCUT2D eigenvalue weighted by Crippen LogP contribution is 2.19. The molecule has 1 aromatic carbocycles. The molecule has 0 bridgehead atoms. The number of rotatable bonds is 5. The summed E-state index contributed by atoms with van der Waals surface area (Å²) in [5, 5.41) is 2.91. The molecule has 6 heteroatoms. The molecule has 1 saturated heterocycles. The molecule has 1 amide bonds. The lowest BCUT2D eigenvalue weighted by Crippen LogP contribution is -2.49. The number of hydrogen-bond donors (Lipinski definition) is 2. The third-order valence-corrected chi connectivity index (χ3v) is 3.59. The summed E-state index contributed by atoms with van der Waals surface area (Å²) in [6.07, 6.45) is 3.25. The van der Waals surface area contributed by atoms with E-state index in [1.54, 1.807) is 0 Å². The van der Waals surface area contributed by atoms with Crippen molar-refractivity contribution in [1.29, 1.82) is 0 Å². The second-order valence-electron chi connectivity index (χ2n) is 5.05. The topological polar surface area (TPSA) is 58.4 Å². The van der Waals surface area contributed by atoms with Crippen molar-refractivity contribution in [3.8, 4) is 0 Å².